The molecule has 3 amide bonds. The fraction of sp³-hybridized carbons (Fsp3) is 0.312. The molecule has 7 heteroatoms. The molecule has 2 aromatic rings. The van der Waals surface area contributed by atoms with Gasteiger partial charge in [-0.2, -0.15) is 0 Å². The van der Waals surface area contributed by atoms with Crippen LogP contribution in [0.1, 0.15) is 11.5 Å². The number of aromatic nitrogens is 1. The van der Waals surface area contributed by atoms with Gasteiger partial charge in [-0.25, -0.2) is 9.78 Å². The number of nitrogens with zero attached hydrogens (tertiary/aromatic N) is 2. The Kier molecular flexibility index (Phi) is 3.25. The number of fused-ring (bicyclic) bond motifs is 1. The van der Waals surface area contributed by atoms with Gasteiger partial charge in [-0.1, -0.05) is 18.2 Å². The SMILES string of the molecule is O=C1NCC(C(=O)N2CCc3oc(-c4ccccc4)nc3C2)N1. The highest BCUT2D eigenvalue weighted by Crippen LogP contribution is 2.26. The molecule has 0 spiro atoms. The van der Waals surface area contributed by atoms with E-state index in [0.29, 0.717) is 31.9 Å². The molecule has 0 aliphatic carbocycles. The second-order valence-electron chi connectivity index (χ2n) is 5.67. The zero-order valence-electron chi connectivity index (χ0n) is 12.4. The van der Waals surface area contributed by atoms with E-state index in [9.17, 15) is 9.59 Å². The van der Waals surface area contributed by atoms with Crippen LogP contribution in [0.4, 0.5) is 4.79 Å². The molecule has 23 heavy (non-hydrogen) atoms. The lowest BCUT2D eigenvalue weighted by atomic mass is 10.1. The van der Waals surface area contributed by atoms with Crippen LogP contribution >= 0.6 is 0 Å². The molecule has 1 saturated heterocycles. The van der Waals surface area contributed by atoms with Crippen molar-refractivity contribution in [3.05, 3.63) is 41.8 Å². The zero-order chi connectivity index (χ0) is 15.8. The van der Waals surface area contributed by atoms with E-state index in [1.807, 2.05) is 30.3 Å². The van der Waals surface area contributed by atoms with Gasteiger partial charge in [0.25, 0.3) is 0 Å². The molecular formula is C16H16N4O3. The predicted molar refractivity (Wildman–Crippen MR) is 81.4 cm³/mol. The summed E-state index contributed by atoms with van der Waals surface area (Å²) in [5.41, 5.74) is 1.72. The molecule has 1 aromatic carbocycles. The Balaban J connectivity index is 1.52. The average Bonchev–Trinajstić information content (AvgIpc) is 3.20. The number of nitrogens with one attached hydrogen (secondary N) is 2. The summed E-state index contributed by atoms with van der Waals surface area (Å²) in [7, 11) is 0. The first kappa shape index (κ1) is 13.8. The standard InChI is InChI=1S/C16H16N4O3/c21-15(11-8-17-16(22)19-11)20-7-6-13-12(9-20)18-14(23-13)10-4-2-1-3-5-10/h1-5,11H,6-9H2,(H2,17,19,22). The van der Waals surface area contributed by atoms with E-state index in [4.69, 9.17) is 4.42 Å². The number of urea groups is 1. The van der Waals surface area contributed by atoms with Gasteiger partial charge in [0.15, 0.2) is 0 Å². The van der Waals surface area contributed by atoms with Crippen LogP contribution in [0.15, 0.2) is 34.7 Å². The molecule has 2 N–H and O–H groups in total. The predicted octanol–water partition coefficient (Wildman–Crippen LogP) is 0.908. The Morgan fingerprint density at radius 3 is 2.87 bits per heavy atom. The molecule has 1 atom stereocenters. The van der Waals surface area contributed by atoms with Gasteiger partial charge in [0.2, 0.25) is 11.8 Å². The lowest BCUT2D eigenvalue weighted by molar-refractivity contribution is -0.133. The van der Waals surface area contributed by atoms with Crippen molar-refractivity contribution in [2.24, 2.45) is 0 Å². The molecule has 0 radical (unpaired) electrons. The third kappa shape index (κ3) is 2.54. The van der Waals surface area contributed by atoms with Crippen LogP contribution in [0.5, 0.6) is 0 Å². The minimum atomic E-state index is -0.496. The number of carbonyl (C=O) groups is 2. The van der Waals surface area contributed by atoms with Gasteiger partial charge in [-0.05, 0) is 12.1 Å². The average molecular weight is 312 g/mol. The Bertz CT molecular complexity index is 756. The van der Waals surface area contributed by atoms with Crippen LogP contribution in [0, 0.1) is 0 Å². The minimum Gasteiger partial charge on any atom is -0.441 e. The summed E-state index contributed by atoms with van der Waals surface area (Å²) in [6.45, 7) is 1.31. The summed E-state index contributed by atoms with van der Waals surface area (Å²) in [5, 5.41) is 5.22. The largest absolute Gasteiger partial charge is 0.441 e. The van der Waals surface area contributed by atoms with Crippen LogP contribution in [-0.2, 0) is 17.8 Å². The van der Waals surface area contributed by atoms with Crippen LogP contribution in [-0.4, -0.2) is 41.0 Å². The normalized spacial score (nSPS) is 19.9. The van der Waals surface area contributed by atoms with Crippen LogP contribution < -0.4 is 10.6 Å². The highest BCUT2D eigenvalue weighted by molar-refractivity contribution is 5.90. The molecule has 118 valence electrons. The zero-order valence-corrected chi connectivity index (χ0v) is 12.4. The van der Waals surface area contributed by atoms with Crippen LogP contribution in [0.25, 0.3) is 11.5 Å². The van der Waals surface area contributed by atoms with E-state index in [1.54, 1.807) is 4.90 Å². The fourth-order valence-electron chi connectivity index (χ4n) is 2.92. The molecule has 7 nitrogen and oxygen atoms in total. The Morgan fingerprint density at radius 2 is 2.13 bits per heavy atom. The van der Waals surface area contributed by atoms with Crippen LogP contribution in [0.3, 0.4) is 0 Å². The number of oxazole rings is 1. The number of rotatable bonds is 2. The van der Waals surface area contributed by atoms with Crippen molar-refractivity contribution in [1.29, 1.82) is 0 Å². The van der Waals surface area contributed by atoms with Crippen molar-refractivity contribution in [3.63, 3.8) is 0 Å². The van der Waals surface area contributed by atoms with Gasteiger partial charge in [0.1, 0.15) is 17.5 Å². The number of hydrogen-bond acceptors (Lipinski definition) is 4. The first-order chi connectivity index (χ1) is 11.2. The molecule has 1 fully saturated rings. The Labute approximate surface area is 132 Å². The molecule has 1 unspecified atom stereocenters. The number of benzene rings is 1. The van der Waals surface area contributed by atoms with E-state index >= 15 is 0 Å². The maximum atomic E-state index is 12.4. The van der Waals surface area contributed by atoms with Gasteiger partial charge in [0, 0.05) is 25.1 Å². The second-order valence-corrected chi connectivity index (χ2v) is 5.67. The molecule has 4 rings (SSSR count). The van der Waals surface area contributed by atoms with E-state index < -0.39 is 6.04 Å². The second kappa shape index (κ2) is 5.42. The molecule has 2 aliphatic rings. The number of hydrogen-bond donors (Lipinski definition) is 2. The molecular weight excluding hydrogens is 296 g/mol. The van der Waals surface area contributed by atoms with Gasteiger partial charge >= 0.3 is 6.03 Å². The maximum Gasteiger partial charge on any atom is 0.315 e. The lowest BCUT2D eigenvalue weighted by Gasteiger charge is -2.27. The summed E-state index contributed by atoms with van der Waals surface area (Å²) in [6.07, 6.45) is 0.634. The topological polar surface area (TPSA) is 87.5 Å². The first-order valence-electron chi connectivity index (χ1n) is 7.58. The van der Waals surface area contributed by atoms with E-state index in [-0.39, 0.29) is 11.9 Å². The van der Waals surface area contributed by atoms with E-state index in [2.05, 4.69) is 15.6 Å². The molecule has 0 saturated carbocycles. The first-order valence-corrected chi connectivity index (χ1v) is 7.58. The summed E-state index contributed by atoms with van der Waals surface area (Å²) in [4.78, 5) is 29.9. The fourth-order valence-corrected chi connectivity index (χ4v) is 2.92. The van der Waals surface area contributed by atoms with Gasteiger partial charge in [0.05, 0.1) is 6.54 Å². The van der Waals surface area contributed by atoms with Gasteiger partial charge in [-0.15, -0.1) is 0 Å². The molecule has 1 aromatic heterocycles. The molecule has 3 heterocycles. The maximum absolute atomic E-state index is 12.4. The summed E-state index contributed by atoms with van der Waals surface area (Å²) in [6, 6.07) is 8.91. The quantitative estimate of drug-likeness (QED) is 0.863. The van der Waals surface area contributed by atoms with Crippen molar-refractivity contribution in [2.45, 2.75) is 19.0 Å². The van der Waals surface area contributed by atoms with Gasteiger partial charge in [-0.3, -0.25) is 4.79 Å². The van der Waals surface area contributed by atoms with Crippen molar-refractivity contribution in [3.8, 4) is 11.5 Å². The van der Waals surface area contributed by atoms with Crippen molar-refractivity contribution < 1.29 is 14.0 Å². The number of carbonyl (C=O) groups excluding carboxylic acids is 2. The highest BCUT2D eigenvalue weighted by Gasteiger charge is 2.33. The van der Waals surface area contributed by atoms with Crippen molar-refractivity contribution in [1.82, 2.24) is 20.5 Å². The summed E-state index contributed by atoms with van der Waals surface area (Å²) < 4.78 is 5.83. The number of amides is 3. The third-order valence-corrected chi connectivity index (χ3v) is 4.13. The van der Waals surface area contributed by atoms with Crippen molar-refractivity contribution in [2.75, 3.05) is 13.1 Å². The summed E-state index contributed by atoms with van der Waals surface area (Å²) >= 11 is 0. The Hall–Kier alpha value is -2.83. The molecule has 2 aliphatic heterocycles. The highest BCUT2D eigenvalue weighted by atomic mass is 16.4. The van der Waals surface area contributed by atoms with Gasteiger partial charge < -0.3 is 20.0 Å². The third-order valence-electron chi connectivity index (χ3n) is 4.13. The lowest BCUT2D eigenvalue weighted by Crippen LogP contribution is -2.47. The Morgan fingerprint density at radius 1 is 1.30 bits per heavy atom. The van der Waals surface area contributed by atoms with E-state index in [0.717, 1.165) is 17.0 Å². The monoisotopic (exact) mass is 312 g/mol. The smallest absolute Gasteiger partial charge is 0.315 e. The van der Waals surface area contributed by atoms with Crippen molar-refractivity contribution >= 4 is 11.9 Å². The van der Waals surface area contributed by atoms with Crippen LogP contribution in [0.2, 0.25) is 0 Å². The summed E-state index contributed by atoms with van der Waals surface area (Å²) in [5.74, 6) is 1.33. The molecule has 0 bridgehead atoms. The van der Waals surface area contributed by atoms with E-state index in [1.165, 1.54) is 0 Å². The minimum absolute atomic E-state index is 0.0849.